The fourth-order valence-electron chi connectivity index (χ4n) is 1.09. The van der Waals surface area contributed by atoms with Crippen molar-refractivity contribution in [1.82, 2.24) is 3.88 Å². The third-order valence-corrected chi connectivity index (χ3v) is 2.90. The Morgan fingerprint density at radius 3 is 2.60 bits per heavy atom. The van der Waals surface area contributed by atoms with Gasteiger partial charge in [0, 0.05) is 6.42 Å². The Morgan fingerprint density at radius 2 is 2.40 bits per heavy atom. The normalized spacial score (nSPS) is 25.4. The van der Waals surface area contributed by atoms with Crippen LogP contribution in [0.4, 0.5) is 0 Å². The molecule has 1 aliphatic heterocycles. The lowest BCUT2D eigenvalue weighted by molar-refractivity contribution is -0.143. The third-order valence-electron chi connectivity index (χ3n) is 1.78. The number of amides is 1. The number of carboxylic acids is 1. The second-order valence-electron chi connectivity index (χ2n) is 2.40. The maximum atomic E-state index is 10.8. The van der Waals surface area contributed by atoms with Gasteiger partial charge in [0.15, 0.2) is 5.91 Å². The van der Waals surface area contributed by atoms with Crippen molar-refractivity contribution in [3.63, 3.8) is 0 Å². The average Bonchev–Trinajstić information content (AvgIpc) is 2.14. The smallest absolute Gasteiger partial charge is 0.368 e. The summed E-state index contributed by atoms with van der Waals surface area (Å²) in [5, 5.41) is 8.53. The number of aliphatic carboxylic acids is 1. The van der Waals surface area contributed by atoms with Gasteiger partial charge in [-0.1, -0.05) is 0 Å². The van der Waals surface area contributed by atoms with Gasteiger partial charge in [-0.25, -0.2) is 0 Å². The number of carbonyl (C=O) groups excluding carboxylic acids is 1. The lowest BCUT2D eigenvalue weighted by atomic mass is 10.2. The summed E-state index contributed by atoms with van der Waals surface area (Å²) < 4.78 is 1.42. The second kappa shape index (κ2) is 2.61. The molecule has 0 radical (unpaired) electrons. The molecule has 1 N–H and O–H groups in total. The first-order valence-electron chi connectivity index (χ1n) is 3.11. The van der Waals surface area contributed by atoms with Gasteiger partial charge < -0.3 is 8.99 Å². The van der Waals surface area contributed by atoms with Gasteiger partial charge in [-0.05, 0) is 6.42 Å². The average molecular weight is 157 g/mol. The van der Waals surface area contributed by atoms with Crippen molar-refractivity contribution in [2.24, 2.45) is 0 Å². The molecule has 1 heterocycles. The van der Waals surface area contributed by atoms with Crippen LogP contribution in [-0.4, -0.2) is 43.4 Å². The molecular formula is C5H8AlNO3. The predicted octanol–water partition coefficient (Wildman–Crippen LogP) is -1.39. The Labute approximate surface area is 66.5 Å². The zero-order chi connectivity index (χ0) is 7.72. The Morgan fingerprint density at radius 1 is 1.80 bits per heavy atom. The third kappa shape index (κ3) is 1.15. The molecule has 5 heteroatoms. The highest BCUT2D eigenvalue weighted by atomic mass is 27.1. The predicted molar refractivity (Wildman–Crippen MR) is 36.0 cm³/mol. The van der Waals surface area contributed by atoms with Crippen molar-refractivity contribution in [3.05, 3.63) is 0 Å². The molecule has 1 rings (SSSR count). The Bertz CT molecular complexity index is 182. The Hall–Kier alpha value is -0.528. The molecule has 0 aliphatic carbocycles. The summed E-state index contributed by atoms with van der Waals surface area (Å²) in [6.07, 6.45) is 0.887. The highest BCUT2D eigenvalue weighted by Gasteiger charge is 2.31. The summed E-state index contributed by atoms with van der Waals surface area (Å²) in [7, 11) is 0. The minimum Gasteiger partial charge on any atom is -0.480 e. The zero-order valence-electron chi connectivity index (χ0n) is 5.70. The monoisotopic (exact) mass is 157 g/mol. The summed E-state index contributed by atoms with van der Waals surface area (Å²) in [6, 6.07) is -0.529. The van der Waals surface area contributed by atoms with Gasteiger partial charge in [0.2, 0.25) is 0 Å². The van der Waals surface area contributed by atoms with Gasteiger partial charge >= 0.3 is 22.5 Å². The first-order valence-corrected chi connectivity index (χ1v) is 4.01. The van der Waals surface area contributed by atoms with E-state index in [1.165, 1.54) is 3.88 Å². The van der Waals surface area contributed by atoms with Gasteiger partial charge in [0.1, 0.15) is 6.04 Å². The van der Waals surface area contributed by atoms with E-state index in [-0.39, 0.29) is 5.91 Å². The van der Waals surface area contributed by atoms with Crippen LogP contribution < -0.4 is 0 Å². The van der Waals surface area contributed by atoms with Crippen LogP contribution in [0.25, 0.3) is 0 Å². The SMILES string of the molecule is O=C(O)[C@@H]1CCC(=O)[N]1[AlH2]. The number of carboxylic acid groups (broad SMARTS) is 1. The summed E-state index contributed by atoms with van der Waals surface area (Å²) in [5.41, 5.74) is 0. The van der Waals surface area contributed by atoms with Crippen molar-refractivity contribution in [1.29, 1.82) is 0 Å². The molecule has 54 valence electrons. The number of nitrogens with zero attached hydrogens (tertiary/aromatic N) is 1. The number of hydrogen-bond acceptors (Lipinski definition) is 2. The van der Waals surface area contributed by atoms with Crippen molar-refractivity contribution in [2.75, 3.05) is 0 Å². The molecule has 0 aromatic carbocycles. The molecule has 0 saturated carbocycles. The van der Waals surface area contributed by atoms with Crippen molar-refractivity contribution < 1.29 is 14.7 Å². The van der Waals surface area contributed by atoms with Crippen LogP contribution in [0.3, 0.4) is 0 Å². The molecule has 1 amide bonds. The van der Waals surface area contributed by atoms with Gasteiger partial charge in [-0.2, -0.15) is 0 Å². The van der Waals surface area contributed by atoms with Crippen molar-refractivity contribution >= 4 is 28.4 Å². The number of rotatable bonds is 1. The second-order valence-corrected chi connectivity index (χ2v) is 3.36. The van der Waals surface area contributed by atoms with Crippen LogP contribution in [-0.2, 0) is 9.59 Å². The fraction of sp³-hybridized carbons (Fsp3) is 0.600. The molecule has 1 atom stereocenters. The van der Waals surface area contributed by atoms with E-state index in [1.807, 2.05) is 0 Å². The molecule has 0 spiro atoms. The maximum absolute atomic E-state index is 10.8. The Kier molecular flexibility index (Phi) is 1.98. The largest absolute Gasteiger partial charge is 0.480 e. The molecule has 0 aromatic heterocycles. The summed E-state index contributed by atoms with van der Waals surface area (Å²) in [5.74, 6) is -0.889. The summed E-state index contributed by atoms with van der Waals surface area (Å²) in [6.45, 7) is 0. The summed E-state index contributed by atoms with van der Waals surface area (Å²) in [4.78, 5) is 21.2. The molecule has 1 fully saturated rings. The van der Waals surface area contributed by atoms with Gasteiger partial charge in [-0.3, -0.25) is 9.59 Å². The first-order chi connectivity index (χ1) is 4.63. The zero-order valence-corrected chi connectivity index (χ0v) is 7.70. The van der Waals surface area contributed by atoms with Gasteiger partial charge in [-0.15, -0.1) is 0 Å². The van der Waals surface area contributed by atoms with Crippen molar-refractivity contribution in [2.45, 2.75) is 18.9 Å². The van der Waals surface area contributed by atoms with E-state index in [0.717, 1.165) is 0 Å². The number of hydrogen-bond donors (Lipinski definition) is 1. The van der Waals surface area contributed by atoms with E-state index in [1.54, 1.807) is 0 Å². The standard InChI is InChI=1S/C5H7NO3.Al.2H/c7-4-2-1-3(6-4)5(8)9;;;/h3H,1-2H2,(H2,6,7,8,9);;;/q;+1;;/p-1/t3-;;;/m0.../s1. The molecule has 10 heavy (non-hydrogen) atoms. The quantitative estimate of drug-likeness (QED) is 0.477. The lowest BCUT2D eigenvalue weighted by Gasteiger charge is -2.16. The number of carbonyl (C=O) groups is 2. The van der Waals surface area contributed by atoms with E-state index in [4.69, 9.17) is 5.11 Å². The van der Waals surface area contributed by atoms with E-state index in [2.05, 4.69) is 0 Å². The Balaban J connectivity index is 2.66. The van der Waals surface area contributed by atoms with Gasteiger partial charge in [0.05, 0.1) is 0 Å². The topological polar surface area (TPSA) is 57.6 Å². The molecule has 0 bridgehead atoms. The molecule has 4 nitrogen and oxygen atoms in total. The molecule has 0 aromatic rings. The minimum absolute atomic E-state index is 0.0148. The first kappa shape index (κ1) is 7.58. The highest BCUT2D eigenvalue weighted by Crippen LogP contribution is 2.15. The fourth-order valence-corrected chi connectivity index (χ4v) is 1.80. The summed E-state index contributed by atoms with van der Waals surface area (Å²) >= 11 is 0.521. The van der Waals surface area contributed by atoms with Crippen LogP contribution in [0.5, 0.6) is 0 Å². The van der Waals surface area contributed by atoms with E-state index >= 15 is 0 Å². The lowest BCUT2D eigenvalue weighted by Crippen LogP contribution is -2.36. The van der Waals surface area contributed by atoms with E-state index in [9.17, 15) is 9.59 Å². The molecular weight excluding hydrogens is 149 g/mol. The molecule has 1 aliphatic rings. The van der Waals surface area contributed by atoms with Crippen LogP contribution in [0.15, 0.2) is 0 Å². The van der Waals surface area contributed by atoms with E-state index in [0.29, 0.717) is 29.4 Å². The van der Waals surface area contributed by atoms with Crippen molar-refractivity contribution in [3.8, 4) is 0 Å². The highest BCUT2D eigenvalue weighted by molar-refractivity contribution is 6.17. The van der Waals surface area contributed by atoms with Crippen LogP contribution in [0, 0.1) is 0 Å². The van der Waals surface area contributed by atoms with Crippen LogP contribution in [0.2, 0.25) is 0 Å². The molecule has 1 saturated heterocycles. The van der Waals surface area contributed by atoms with Gasteiger partial charge in [0.25, 0.3) is 0 Å². The van der Waals surface area contributed by atoms with E-state index < -0.39 is 12.0 Å². The maximum Gasteiger partial charge on any atom is 0.368 e. The molecule has 0 unspecified atom stereocenters. The minimum atomic E-state index is -0.874. The van der Waals surface area contributed by atoms with Crippen LogP contribution in [0.1, 0.15) is 12.8 Å². The van der Waals surface area contributed by atoms with Crippen LogP contribution >= 0.6 is 0 Å².